The molecule has 1 saturated heterocycles. The summed E-state index contributed by atoms with van der Waals surface area (Å²) in [4.78, 5) is 2.54. The van der Waals surface area contributed by atoms with E-state index in [0.29, 0.717) is 18.0 Å². The average molecular weight is 214 g/mol. The molecule has 0 aromatic heterocycles. The van der Waals surface area contributed by atoms with Crippen molar-refractivity contribution in [1.82, 2.24) is 10.2 Å². The number of hydrogen-bond donors (Lipinski definition) is 1. The van der Waals surface area contributed by atoms with Gasteiger partial charge in [-0.3, -0.25) is 4.90 Å². The zero-order chi connectivity index (χ0) is 11.3. The van der Waals surface area contributed by atoms with E-state index in [-0.39, 0.29) is 0 Å². The molecule has 3 heteroatoms. The van der Waals surface area contributed by atoms with E-state index in [2.05, 4.69) is 31.0 Å². The van der Waals surface area contributed by atoms with Crippen molar-refractivity contribution in [3.8, 4) is 0 Å². The topological polar surface area (TPSA) is 24.5 Å². The molecule has 1 rings (SSSR count). The van der Waals surface area contributed by atoms with Gasteiger partial charge >= 0.3 is 0 Å². The minimum atomic E-state index is 0.614. The van der Waals surface area contributed by atoms with Crippen LogP contribution in [0, 0.1) is 5.92 Å². The molecule has 0 amide bonds. The second-order valence-electron chi connectivity index (χ2n) is 5.04. The van der Waals surface area contributed by atoms with Gasteiger partial charge in [-0.15, -0.1) is 0 Å². The largest absolute Gasteiger partial charge is 0.384 e. The van der Waals surface area contributed by atoms with Crippen LogP contribution in [-0.2, 0) is 4.74 Å². The Morgan fingerprint density at radius 2 is 2.13 bits per heavy atom. The van der Waals surface area contributed by atoms with Gasteiger partial charge in [0, 0.05) is 38.9 Å². The van der Waals surface area contributed by atoms with E-state index in [4.69, 9.17) is 4.74 Å². The minimum absolute atomic E-state index is 0.614. The fourth-order valence-electron chi connectivity index (χ4n) is 2.13. The van der Waals surface area contributed by atoms with E-state index in [9.17, 15) is 0 Å². The van der Waals surface area contributed by atoms with Gasteiger partial charge in [0.1, 0.15) is 0 Å². The van der Waals surface area contributed by atoms with Crippen molar-refractivity contribution in [1.29, 1.82) is 0 Å². The predicted molar refractivity (Wildman–Crippen MR) is 64.2 cm³/mol. The number of nitrogens with zero attached hydrogens (tertiary/aromatic N) is 1. The van der Waals surface area contributed by atoms with Crippen LogP contribution in [0.2, 0.25) is 0 Å². The zero-order valence-corrected chi connectivity index (χ0v) is 10.6. The van der Waals surface area contributed by atoms with Crippen molar-refractivity contribution in [2.24, 2.45) is 5.92 Å². The van der Waals surface area contributed by atoms with Gasteiger partial charge in [-0.25, -0.2) is 0 Å². The highest BCUT2D eigenvalue weighted by molar-refractivity contribution is 4.82. The number of rotatable bonds is 6. The van der Waals surface area contributed by atoms with Gasteiger partial charge in [0.05, 0.1) is 0 Å². The lowest BCUT2D eigenvalue weighted by Gasteiger charge is -2.21. The fourth-order valence-corrected chi connectivity index (χ4v) is 2.13. The first kappa shape index (κ1) is 12.9. The van der Waals surface area contributed by atoms with Crippen LogP contribution in [0.15, 0.2) is 0 Å². The first-order valence-corrected chi connectivity index (χ1v) is 6.09. The first-order chi connectivity index (χ1) is 7.13. The lowest BCUT2D eigenvalue weighted by atomic mass is 10.2. The summed E-state index contributed by atoms with van der Waals surface area (Å²) in [6, 6.07) is 1.37. The highest BCUT2D eigenvalue weighted by Crippen LogP contribution is 2.12. The normalized spacial score (nSPS) is 25.0. The Hall–Kier alpha value is -0.120. The SMILES string of the molecule is COCC(C)CNC1CCN(C(C)C)C1. The van der Waals surface area contributed by atoms with E-state index in [0.717, 1.165) is 13.2 Å². The van der Waals surface area contributed by atoms with Crippen molar-refractivity contribution in [3.63, 3.8) is 0 Å². The molecular weight excluding hydrogens is 188 g/mol. The summed E-state index contributed by atoms with van der Waals surface area (Å²) in [7, 11) is 1.77. The van der Waals surface area contributed by atoms with Gasteiger partial charge < -0.3 is 10.1 Å². The second kappa shape index (κ2) is 6.46. The average Bonchev–Trinajstić information content (AvgIpc) is 2.63. The van der Waals surface area contributed by atoms with E-state index < -0.39 is 0 Å². The molecule has 0 aromatic rings. The highest BCUT2D eigenvalue weighted by Gasteiger charge is 2.23. The summed E-state index contributed by atoms with van der Waals surface area (Å²) in [5.41, 5.74) is 0. The van der Waals surface area contributed by atoms with E-state index in [1.807, 2.05) is 0 Å². The van der Waals surface area contributed by atoms with Crippen LogP contribution in [-0.4, -0.2) is 50.3 Å². The molecule has 1 aliphatic heterocycles. The third-order valence-electron chi connectivity index (χ3n) is 3.16. The van der Waals surface area contributed by atoms with Crippen molar-refractivity contribution in [3.05, 3.63) is 0 Å². The third-order valence-corrected chi connectivity index (χ3v) is 3.16. The van der Waals surface area contributed by atoms with Gasteiger partial charge in [0.15, 0.2) is 0 Å². The molecule has 0 aliphatic carbocycles. The Labute approximate surface area is 94.2 Å². The highest BCUT2D eigenvalue weighted by atomic mass is 16.5. The van der Waals surface area contributed by atoms with Gasteiger partial charge in [-0.2, -0.15) is 0 Å². The maximum Gasteiger partial charge on any atom is 0.0499 e. The third kappa shape index (κ3) is 4.49. The second-order valence-corrected chi connectivity index (χ2v) is 5.04. The van der Waals surface area contributed by atoms with Crippen LogP contribution in [0.1, 0.15) is 27.2 Å². The summed E-state index contributed by atoms with van der Waals surface area (Å²) >= 11 is 0. The number of ether oxygens (including phenoxy) is 1. The number of nitrogens with one attached hydrogen (secondary N) is 1. The Balaban J connectivity index is 2.13. The lowest BCUT2D eigenvalue weighted by molar-refractivity contribution is 0.156. The van der Waals surface area contributed by atoms with Crippen LogP contribution < -0.4 is 5.32 Å². The van der Waals surface area contributed by atoms with Gasteiger partial charge in [-0.1, -0.05) is 6.92 Å². The number of hydrogen-bond acceptors (Lipinski definition) is 3. The Bertz CT molecular complexity index is 173. The molecule has 0 radical (unpaired) electrons. The molecule has 90 valence electrons. The Morgan fingerprint density at radius 3 is 2.67 bits per heavy atom. The van der Waals surface area contributed by atoms with Gasteiger partial charge in [0.25, 0.3) is 0 Å². The molecule has 1 aliphatic rings. The van der Waals surface area contributed by atoms with E-state index in [1.165, 1.54) is 19.5 Å². The summed E-state index contributed by atoms with van der Waals surface area (Å²) < 4.78 is 5.13. The monoisotopic (exact) mass is 214 g/mol. The quantitative estimate of drug-likeness (QED) is 0.722. The molecule has 2 unspecified atom stereocenters. The molecule has 1 heterocycles. The Morgan fingerprint density at radius 1 is 1.40 bits per heavy atom. The number of likely N-dealkylation sites (tertiary alicyclic amines) is 1. The maximum absolute atomic E-state index is 5.13. The Kier molecular flexibility index (Phi) is 5.58. The van der Waals surface area contributed by atoms with Gasteiger partial charge in [-0.05, 0) is 32.7 Å². The smallest absolute Gasteiger partial charge is 0.0499 e. The standard InChI is InChI=1S/C12H26N2O/c1-10(2)14-6-5-12(8-14)13-7-11(3)9-15-4/h10-13H,5-9H2,1-4H3. The van der Waals surface area contributed by atoms with Crippen molar-refractivity contribution < 1.29 is 4.74 Å². The van der Waals surface area contributed by atoms with Crippen LogP contribution >= 0.6 is 0 Å². The van der Waals surface area contributed by atoms with Crippen LogP contribution in [0.3, 0.4) is 0 Å². The molecule has 1 fully saturated rings. The molecule has 2 atom stereocenters. The summed E-state index contributed by atoms with van der Waals surface area (Å²) in [6.07, 6.45) is 1.29. The zero-order valence-electron chi connectivity index (χ0n) is 10.6. The van der Waals surface area contributed by atoms with Crippen LogP contribution in [0.5, 0.6) is 0 Å². The van der Waals surface area contributed by atoms with Crippen LogP contribution in [0.25, 0.3) is 0 Å². The predicted octanol–water partition coefficient (Wildman–Crippen LogP) is 1.34. The molecule has 0 saturated carbocycles. The molecule has 0 bridgehead atoms. The fraction of sp³-hybridized carbons (Fsp3) is 1.00. The van der Waals surface area contributed by atoms with E-state index in [1.54, 1.807) is 7.11 Å². The first-order valence-electron chi connectivity index (χ1n) is 6.09. The molecular formula is C12H26N2O. The molecule has 0 spiro atoms. The lowest BCUT2D eigenvalue weighted by Crippen LogP contribution is -2.37. The molecule has 3 nitrogen and oxygen atoms in total. The van der Waals surface area contributed by atoms with E-state index >= 15 is 0 Å². The summed E-state index contributed by atoms with van der Waals surface area (Å²) in [5, 5.41) is 3.63. The summed E-state index contributed by atoms with van der Waals surface area (Å²) in [6.45, 7) is 11.2. The van der Waals surface area contributed by atoms with Crippen molar-refractivity contribution >= 4 is 0 Å². The molecule has 0 aromatic carbocycles. The number of methoxy groups -OCH3 is 1. The van der Waals surface area contributed by atoms with Crippen molar-refractivity contribution in [2.45, 2.75) is 39.3 Å². The van der Waals surface area contributed by atoms with Crippen molar-refractivity contribution in [2.75, 3.05) is 33.4 Å². The molecule has 1 N–H and O–H groups in total. The summed E-state index contributed by atoms with van der Waals surface area (Å²) in [5.74, 6) is 0.614. The van der Waals surface area contributed by atoms with Crippen LogP contribution in [0.4, 0.5) is 0 Å². The molecule has 15 heavy (non-hydrogen) atoms. The van der Waals surface area contributed by atoms with Gasteiger partial charge in [0.2, 0.25) is 0 Å². The minimum Gasteiger partial charge on any atom is -0.384 e. The maximum atomic E-state index is 5.13.